The average Bonchev–Trinajstić information content (AvgIpc) is 3.02. The van der Waals surface area contributed by atoms with Crippen LogP contribution in [0.5, 0.6) is 0 Å². The normalized spacial score (nSPS) is 10.4. The summed E-state index contributed by atoms with van der Waals surface area (Å²) in [6.45, 7) is 15.5. The van der Waals surface area contributed by atoms with Gasteiger partial charge in [-0.3, -0.25) is 19.7 Å². The molecule has 0 aliphatic heterocycles. The smallest absolute Gasteiger partial charge is 0 e. The molecule has 0 unspecified atom stereocenters. The zero-order valence-electron chi connectivity index (χ0n) is 23.9. The minimum Gasteiger partial charge on any atom is 0 e. The van der Waals surface area contributed by atoms with Gasteiger partial charge in [-0.2, -0.15) is 0 Å². The Bertz CT molecular complexity index is 1100. The number of amides is 2. The SMILES string of the molecule is O=C(O)CC[C@H](NC(=O)N[C@@H](CCCCCN(Cc1ccccn1)Cc1ccccn1)C(=O)O)C(=O)O.[Br-].[C-]#[O+].[C-]#[O+].[C-]#[O+].[Re]. The Morgan fingerprint density at radius 1 is 0.733 bits per heavy atom. The van der Waals surface area contributed by atoms with E-state index < -0.39 is 42.4 Å². The molecule has 0 bridgehead atoms. The van der Waals surface area contributed by atoms with Gasteiger partial charge >= 0.3 is 57.8 Å². The average molecular weight is 866 g/mol. The first-order valence-electron chi connectivity index (χ1n) is 12.6. The number of unbranched alkanes of at least 4 members (excludes halogenated alkanes) is 2. The minimum atomic E-state index is -1.44. The van der Waals surface area contributed by atoms with Gasteiger partial charge in [-0.05, 0) is 50.1 Å². The predicted octanol–water partition coefficient (Wildman–Crippen LogP) is -1.00. The van der Waals surface area contributed by atoms with Gasteiger partial charge in [-0.25, -0.2) is 14.4 Å². The summed E-state index contributed by atoms with van der Waals surface area (Å²) in [4.78, 5) is 56.6. The third-order valence-corrected chi connectivity index (χ3v) is 5.54. The van der Waals surface area contributed by atoms with Crippen molar-refractivity contribution in [2.75, 3.05) is 6.54 Å². The van der Waals surface area contributed by atoms with Crippen LogP contribution in [0.15, 0.2) is 48.8 Å². The largest absolute Gasteiger partial charge is 0 e. The second-order valence-corrected chi connectivity index (χ2v) is 8.53. The number of carbonyl (C=O) groups excluding carboxylic acids is 1. The molecular weight excluding hydrogens is 832 g/mol. The molecule has 245 valence electrons. The molecule has 0 fully saturated rings. The Morgan fingerprint density at radius 2 is 1.18 bits per heavy atom. The van der Waals surface area contributed by atoms with Crippen molar-refractivity contribution < 1.29 is 85.9 Å². The molecule has 0 saturated carbocycles. The third-order valence-electron chi connectivity index (χ3n) is 5.54. The van der Waals surface area contributed by atoms with Crippen LogP contribution in [0.2, 0.25) is 0 Å². The van der Waals surface area contributed by atoms with Crippen molar-refractivity contribution in [3.63, 3.8) is 0 Å². The van der Waals surface area contributed by atoms with Crippen LogP contribution >= 0.6 is 0 Å². The molecule has 0 aliphatic rings. The van der Waals surface area contributed by atoms with Crippen LogP contribution in [0.25, 0.3) is 0 Å². The molecule has 0 spiro atoms. The number of aromatic nitrogens is 2. The predicted molar refractivity (Wildman–Crippen MR) is 144 cm³/mol. The Morgan fingerprint density at radius 3 is 1.56 bits per heavy atom. The maximum atomic E-state index is 12.1. The fraction of sp³-hybridized carbons (Fsp3) is 0.393. The number of halogens is 1. The molecule has 5 N–H and O–H groups in total. The summed E-state index contributed by atoms with van der Waals surface area (Å²) < 4.78 is 22.5. The van der Waals surface area contributed by atoms with Crippen LogP contribution in [0, 0.1) is 20.0 Å². The molecule has 0 saturated heterocycles. The number of carboxylic acids is 3. The number of carbonyl (C=O) groups is 4. The van der Waals surface area contributed by atoms with Crippen LogP contribution < -0.4 is 27.6 Å². The molecule has 0 aromatic carbocycles. The molecule has 2 atom stereocenters. The number of rotatable bonds is 17. The first-order chi connectivity index (χ1) is 20.7. The van der Waals surface area contributed by atoms with E-state index in [9.17, 15) is 24.3 Å². The number of aliphatic carboxylic acids is 3. The Balaban J connectivity index is -0.000000988. The molecule has 15 nitrogen and oxygen atoms in total. The molecule has 0 aliphatic carbocycles. The van der Waals surface area contributed by atoms with Crippen molar-refractivity contribution in [2.24, 2.45) is 0 Å². The number of urea groups is 1. The van der Waals surface area contributed by atoms with Gasteiger partial charge in [-0.1, -0.05) is 25.0 Å². The van der Waals surface area contributed by atoms with E-state index in [0.29, 0.717) is 25.9 Å². The maximum absolute atomic E-state index is 12.1. The molecule has 1 radical (unpaired) electrons. The van der Waals surface area contributed by atoms with E-state index in [1.54, 1.807) is 12.4 Å². The van der Waals surface area contributed by atoms with E-state index in [0.717, 1.165) is 24.4 Å². The first-order valence-corrected chi connectivity index (χ1v) is 12.6. The van der Waals surface area contributed by atoms with E-state index in [1.807, 2.05) is 36.4 Å². The van der Waals surface area contributed by atoms with Gasteiger partial charge in [0.1, 0.15) is 12.1 Å². The van der Waals surface area contributed by atoms with E-state index in [-0.39, 0.29) is 50.2 Å². The minimum absolute atomic E-state index is 0. The number of hydrogen-bond acceptors (Lipinski definition) is 7. The zero-order chi connectivity index (χ0) is 33.0. The van der Waals surface area contributed by atoms with Crippen molar-refractivity contribution in [2.45, 2.75) is 63.7 Å². The molecule has 2 heterocycles. The second kappa shape index (κ2) is 31.7. The van der Waals surface area contributed by atoms with Gasteiger partial charge in [0.05, 0.1) is 11.4 Å². The Kier molecular flexibility index (Phi) is 34.0. The number of nitrogens with zero attached hydrogens (tertiary/aromatic N) is 3. The van der Waals surface area contributed by atoms with Crippen molar-refractivity contribution in [3.8, 4) is 0 Å². The summed E-state index contributed by atoms with van der Waals surface area (Å²) in [5, 5.41) is 31.7. The number of hydrogen-bond donors (Lipinski definition) is 5. The molecule has 2 aromatic rings. The van der Waals surface area contributed by atoms with Gasteiger partial charge in [0.2, 0.25) is 0 Å². The monoisotopic (exact) mass is 865 g/mol. The number of nitrogens with one attached hydrogen (secondary N) is 2. The maximum Gasteiger partial charge on any atom is 0 e. The Labute approximate surface area is 284 Å². The van der Waals surface area contributed by atoms with E-state index in [4.69, 9.17) is 24.2 Å². The van der Waals surface area contributed by atoms with Gasteiger partial charge in [0, 0.05) is 52.3 Å². The number of carboxylic acid groups (broad SMARTS) is 3. The summed E-state index contributed by atoms with van der Waals surface area (Å²) in [6, 6.07) is 7.88. The van der Waals surface area contributed by atoms with Crippen molar-refractivity contribution >= 4 is 23.9 Å². The van der Waals surface area contributed by atoms with E-state index >= 15 is 0 Å². The topological polar surface area (TPSA) is 242 Å². The molecule has 2 rings (SSSR count). The summed E-state index contributed by atoms with van der Waals surface area (Å²) >= 11 is 0. The number of pyridine rings is 2. The van der Waals surface area contributed by atoms with Gasteiger partial charge in [0.25, 0.3) is 0 Å². The fourth-order valence-electron chi connectivity index (χ4n) is 3.66. The summed E-state index contributed by atoms with van der Waals surface area (Å²) in [7, 11) is 0. The standard InChI is InChI=1S/C25H33N5O7.3CO.BrH.Re/c31-22(32)12-11-21(24(35)36)29-25(37)28-20(23(33)34)10-2-1-7-15-30(16-18-8-3-5-13-26-18)17-19-9-4-6-14-27-19;3*1-2;;/h3-6,8-9,13-14,20-21H,1-2,7,10-12,15-17H2,(H,31,32)(H,33,34)(H,35,36)(H2,28,29,37);;;;1H;/p-1/t20-,21-;;;;;/m0...../s1. The zero-order valence-corrected chi connectivity index (χ0v) is 28.2. The van der Waals surface area contributed by atoms with Gasteiger partial charge in [-0.15, -0.1) is 0 Å². The molecule has 45 heavy (non-hydrogen) atoms. The molecule has 2 aromatic heterocycles. The summed E-state index contributed by atoms with van der Waals surface area (Å²) in [5.41, 5.74) is 1.87. The quantitative estimate of drug-likeness (QED) is 0.0738. The fourth-order valence-corrected chi connectivity index (χ4v) is 3.66. The van der Waals surface area contributed by atoms with Crippen molar-refractivity contribution in [1.29, 1.82) is 0 Å². The molecule has 2 amide bonds. The molecular formula is C28H33BrN5O10Re-. The third kappa shape index (κ3) is 24.3. The summed E-state index contributed by atoms with van der Waals surface area (Å²) in [5.74, 6) is -3.83. The van der Waals surface area contributed by atoms with Crippen molar-refractivity contribution in [1.82, 2.24) is 25.5 Å². The Hall–Kier alpha value is -3.70. The van der Waals surface area contributed by atoms with Crippen LogP contribution in [-0.4, -0.2) is 72.8 Å². The van der Waals surface area contributed by atoms with E-state index in [2.05, 4.69) is 45.5 Å². The van der Waals surface area contributed by atoms with Crippen LogP contribution in [0.3, 0.4) is 0 Å². The molecule has 17 heteroatoms. The van der Waals surface area contributed by atoms with Crippen molar-refractivity contribution in [3.05, 3.63) is 80.1 Å². The van der Waals surface area contributed by atoms with Gasteiger partial charge < -0.3 is 42.9 Å². The van der Waals surface area contributed by atoms with Crippen LogP contribution in [-0.2, 0) is 61.9 Å². The van der Waals surface area contributed by atoms with Crippen LogP contribution in [0.4, 0.5) is 4.79 Å². The summed E-state index contributed by atoms with van der Waals surface area (Å²) in [6.07, 6.45) is 4.91. The first kappa shape index (κ1) is 48.2. The van der Waals surface area contributed by atoms with E-state index in [1.165, 1.54) is 0 Å². The second-order valence-electron chi connectivity index (χ2n) is 8.53. The van der Waals surface area contributed by atoms with Crippen LogP contribution in [0.1, 0.15) is 49.9 Å². The van der Waals surface area contributed by atoms with Gasteiger partial charge in [0.15, 0.2) is 0 Å².